The Balaban J connectivity index is 1.75. The van der Waals surface area contributed by atoms with Gasteiger partial charge in [0.15, 0.2) is 5.60 Å². The van der Waals surface area contributed by atoms with E-state index in [-0.39, 0.29) is 19.0 Å². The lowest BCUT2D eigenvalue weighted by atomic mass is 9.91. The first kappa shape index (κ1) is 17.6. The second kappa shape index (κ2) is 6.77. The predicted molar refractivity (Wildman–Crippen MR) is 76.6 cm³/mol. The highest BCUT2D eigenvalue weighted by Crippen LogP contribution is 2.38. The molecular formula is C14H21F3N4O2. The maximum Gasteiger partial charge on any atom is 0.417 e. The molecule has 1 fully saturated rings. The molecule has 1 aliphatic heterocycles. The van der Waals surface area contributed by atoms with Crippen molar-refractivity contribution in [3.63, 3.8) is 0 Å². The second-order valence-corrected chi connectivity index (χ2v) is 6.04. The van der Waals surface area contributed by atoms with Crippen LogP contribution in [0, 0.1) is 5.92 Å². The zero-order chi connectivity index (χ0) is 17.1. The fraction of sp³-hybridized carbons (Fsp3) is 0.714. The van der Waals surface area contributed by atoms with Gasteiger partial charge in [0.25, 0.3) is 0 Å². The molecule has 1 atom stereocenters. The van der Waals surface area contributed by atoms with Gasteiger partial charge in [-0.15, -0.1) is 0 Å². The number of nitrogens with one attached hydrogen (secondary N) is 1. The van der Waals surface area contributed by atoms with Gasteiger partial charge in [0.1, 0.15) is 0 Å². The number of amides is 2. The maximum absolute atomic E-state index is 12.7. The molecule has 130 valence electrons. The molecule has 23 heavy (non-hydrogen) atoms. The van der Waals surface area contributed by atoms with Gasteiger partial charge in [-0.1, -0.05) is 6.92 Å². The quantitative estimate of drug-likeness (QED) is 0.879. The lowest BCUT2D eigenvalue weighted by Gasteiger charge is -2.39. The van der Waals surface area contributed by atoms with Gasteiger partial charge >= 0.3 is 12.2 Å². The molecule has 1 aliphatic rings. The molecule has 0 aliphatic carbocycles. The molecule has 9 heteroatoms. The zero-order valence-corrected chi connectivity index (χ0v) is 12.9. The number of nitrogens with zero attached hydrogens (tertiary/aromatic N) is 3. The molecule has 0 saturated carbocycles. The Kier molecular flexibility index (Phi) is 5.18. The first-order valence-electron chi connectivity index (χ1n) is 7.50. The number of aliphatic hydroxyl groups is 1. The summed E-state index contributed by atoms with van der Waals surface area (Å²) in [7, 11) is 0. The lowest BCUT2D eigenvalue weighted by Crippen LogP contribution is -2.56. The SMILES string of the molecule is CC(CNC(=O)N1CCC(O)(C(F)(F)F)CC1)Cn1cccn1. The molecule has 2 amide bonds. The third kappa shape index (κ3) is 4.37. The van der Waals surface area contributed by atoms with E-state index in [4.69, 9.17) is 0 Å². The van der Waals surface area contributed by atoms with Crippen molar-refractivity contribution >= 4 is 6.03 Å². The molecule has 1 aromatic rings. The Hall–Kier alpha value is -1.77. The summed E-state index contributed by atoms with van der Waals surface area (Å²) in [5.41, 5.74) is -2.68. The van der Waals surface area contributed by atoms with Crippen molar-refractivity contribution in [2.45, 2.75) is 38.1 Å². The van der Waals surface area contributed by atoms with Crippen molar-refractivity contribution in [1.29, 1.82) is 0 Å². The number of halogens is 3. The zero-order valence-electron chi connectivity index (χ0n) is 12.9. The molecule has 0 radical (unpaired) electrons. The average Bonchev–Trinajstić information content (AvgIpc) is 2.97. The van der Waals surface area contributed by atoms with Crippen molar-refractivity contribution in [3.8, 4) is 0 Å². The van der Waals surface area contributed by atoms with Crippen molar-refractivity contribution in [1.82, 2.24) is 20.0 Å². The van der Waals surface area contributed by atoms with Gasteiger partial charge in [-0.25, -0.2) is 4.79 Å². The smallest absolute Gasteiger partial charge is 0.380 e. The van der Waals surface area contributed by atoms with Crippen molar-refractivity contribution < 1.29 is 23.1 Å². The molecule has 2 rings (SSSR count). The van der Waals surface area contributed by atoms with Crippen molar-refractivity contribution in [3.05, 3.63) is 18.5 Å². The second-order valence-electron chi connectivity index (χ2n) is 6.04. The Morgan fingerprint density at radius 2 is 2.09 bits per heavy atom. The summed E-state index contributed by atoms with van der Waals surface area (Å²) < 4.78 is 39.9. The van der Waals surface area contributed by atoms with Crippen LogP contribution in [0.3, 0.4) is 0 Å². The molecule has 6 nitrogen and oxygen atoms in total. The number of urea groups is 1. The van der Waals surface area contributed by atoms with Crippen LogP contribution in [0.2, 0.25) is 0 Å². The monoisotopic (exact) mass is 334 g/mol. The van der Waals surface area contributed by atoms with Crippen LogP contribution in [0.25, 0.3) is 0 Å². The number of carbonyl (C=O) groups is 1. The third-order valence-electron chi connectivity index (χ3n) is 4.07. The fourth-order valence-corrected chi connectivity index (χ4v) is 2.53. The van der Waals surface area contributed by atoms with Crippen LogP contribution in [-0.4, -0.2) is 57.2 Å². The van der Waals surface area contributed by atoms with Crippen LogP contribution >= 0.6 is 0 Å². The topological polar surface area (TPSA) is 70.4 Å². The third-order valence-corrected chi connectivity index (χ3v) is 4.07. The minimum absolute atomic E-state index is 0.116. The van der Waals surface area contributed by atoms with Crippen molar-refractivity contribution in [2.75, 3.05) is 19.6 Å². The molecule has 0 aromatic carbocycles. The van der Waals surface area contributed by atoms with Gasteiger partial charge in [-0.05, 0) is 12.0 Å². The van der Waals surface area contributed by atoms with Gasteiger partial charge in [-0.3, -0.25) is 4.68 Å². The number of carbonyl (C=O) groups excluding carboxylic acids is 1. The minimum atomic E-state index is -4.66. The van der Waals surface area contributed by atoms with Crippen LogP contribution in [0.4, 0.5) is 18.0 Å². The summed E-state index contributed by atoms with van der Waals surface area (Å²) in [6.07, 6.45) is -2.16. The van der Waals surface area contributed by atoms with E-state index in [9.17, 15) is 23.1 Å². The van der Waals surface area contributed by atoms with Crippen LogP contribution in [-0.2, 0) is 6.54 Å². The van der Waals surface area contributed by atoms with E-state index >= 15 is 0 Å². The Morgan fingerprint density at radius 1 is 1.43 bits per heavy atom. The highest BCUT2D eigenvalue weighted by Gasteiger charge is 2.54. The van der Waals surface area contributed by atoms with Gasteiger partial charge in [0.05, 0.1) is 0 Å². The Bertz CT molecular complexity index is 511. The van der Waals surface area contributed by atoms with E-state index in [2.05, 4.69) is 10.4 Å². The van der Waals surface area contributed by atoms with Gasteiger partial charge in [0, 0.05) is 51.4 Å². The van der Waals surface area contributed by atoms with E-state index in [0.29, 0.717) is 13.1 Å². The maximum atomic E-state index is 12.7. The first-order chi connectivity index (χ1) is 10.7. The fourth-order valence-electron chi connectivity index (χ4n) is 2.53. The largest absolute Gasteiger partial charge is 0.417 e. The number of piperidine rings is 1. The summed E-state index contributed by atoms with van der Waals surface area (Å²) in [5, 5.41) is 16.4. The van der Waals surface area contributed by atoms with E-state index in [1.54, 1.807) is 16.9 Å². The Morgan fingerprint density at radius 3 is 2.61 bits per heavy atom. The lowest BCUT2D eigenvalue weighted by molar-refractivity contribution is -0.271. The van der Waals surface area contributed by atoms with E-state index < -0.39 is 30.7 Å². The first-order valence-corrected chi connectivity index (χ1v) is 7.50. The molecular weight excluding hydrogens is 313 g/mol. The molecule has 0 spiro atoms. The van der Waals surface area contributed by atoms with Crippen LogP contribution in [0.1, 0.15) is 19.8 Å². The van der Waals surface area contributed by atoms with Crippen LogP contribution in [0.15, 0.2) is 18.5 Å². The van der Waals surface area contributed by atoms with Gasteiger partial charge in [-0.2, -0.15) is 18.3 Å². The number of likely N-dealkylation sites (tertiary alicyclic amines) is 1. The Labute approximate surface area is 132 Å². The highest BCUT2D eigenvalue weighted by molar-refractivity contribution is 5.74. The van der Waals surface area contributed by atoms with Crippen LogP contribution < -0.4 is 5.32 Å². The molecule has 1 unspecified atom stereocenters. The van der Waals surface area contributed by atoms with Gasteiger partial charge < -0.3 is 15.3 Å². The highest BCUT2D eigenvalue weighted by atomic mass is 19.4. The van der Waals surface area contributed by atoms with Gasteiger partial charge in [0.2, 0.25) is 0 Å². The molecule has 1 saturated heterocycles. The van der Waals surface area contributed by atoms with E-state index in [1.165, 1.54) is 4.90 Å². The molecule has 2 N–H and O–H groups in total. The summed E-state index contributed by atoms with van der Waals surface area (Å²) in [4.78, 5) is 13.3. The predicted octanol–water partition coefficient (Wildman–Crippen LogP) is 1.62. The summed E-state index contributed by atoms with van der Waals surface area (Å²) in [6.45, 7) is 2.76. The number of hydrogen-bond acceptors (Lipinski definition) is 3. The molecule has 2 heterocycles. The van der Waals surface area contributed by atoms with Crippen molar-refractivity contribution in [2.24, 2.45) is 5.92 Å². The average molecular weight is 334 g/mol. The molecule has 0 bridgehead atoms. The van der Waals surface area contributed by atoms with E-state index in [1.807, 2.05) is 13.1 Å². The number of hydrogen-bond donors (Lipinski definition) is 2. The normalized spacial score (nSPS) is 19.4. The van der Waals surface area contributed by atoms with E-state index in [0.717, 1.165) is 0 Å². The number of rotatable bonds is 4. The number of aromatic nitrogens is 2. The summed E-state index contributed by atoms with van der Waals surface area (Å²) in [5.74, 6) is 0.135. The standard InChI is InChI=1S/C14H21F3N4O2/c1-11(10-21-6-2-5-19-21)9-18-12(22)20-7-3-13(23,4-8-20)14(15,16)17/h2,5-6,11,23H,3-4,7-10H2,1H3,(H,18,22). The number of alkyl halides is 3. The minimum Gasteiger partial charge on any atom is -0.380 e. The molecule has 1 aromatic heterocycles. The van der Waals surface area contributed by atoms with Crippen LogP contribution in [0.5, 0.6) is 0 Å². The summed E-state index contributed by atoms with van der Waals surface area (Å²) in [6, 6.07) is 1.41. The summed E-state index contributed by atoms with van der Waals surface area (Å²) >= 11 is 0.